The molecular weight excluding hydrogens is 253 g/mol. The first kappa shape index (κ1) is 12.9. The van der Waals surface area contributed by atoms with Crippen LogP contribution in [-0.2, 0) is 11.2 Å². The van der Waals surface area contributed by atoms with E-state index in [0.29, 0.717) is 5.90 Å². The first-order valence-electron chi connectivity index (χ1n) is 6.65. The molecule has 0 saturated heterocycles. The SMILES string of the molecule is Cc1ccc2c(c1)N=C(c1ccccc1)O[C@@](C)(F)C2. The topological polar surface area (TPSA) is 21.6 Å². The molecule has 3 rings (SSSR count). The van der Waals surface area contributed by atoms with Crippen molar-refractivity contribution >= 4 is 11.6 Å². The number of aryl methyl sites for hydroxylation is 1. The van der Waals surface area contributed by atoms with Gasteiger partial charge in [-0.2, -0.15) is 4.39 Å². The smallest absolute Gasteiger partial charge is 0.251 e. The first-order chi connectivity index (χ1) is 9.53. The summed E-state index contributed by atoms with van der Waals surface area (Å²) >= 11 is 0. The molecule has 0 fully saturated rings. The van der Waals surface area contributed by atoms with E-state index in [0.717, 1.165) is 22.4 Å². The fraction of sp³-hybridized carbons (Fsp3) is 0.235. The second kappa shape index (κ2) is 4.75. The van der Waals surface area contributed by atoms with Crippen LogP contribution in [0.15, 0.2) is 53.5 Å². The Morgan fingerprint density at radius 1 is 1.15 bits per heavy atom. The number of rotatable bonds is 1. The summed E-state index contributed by atoms with van der Waals surface area (Å²) in [5.41, 5.74) is 3.53. The first-order valence-corrected chi connectivity index (χ1v) is 6.65. The molecule has 0 aromatic heterocycles. The number of benzene rings is 2. The van der Waals surface area contributed by atoms with Crippen molar-refractivity contribution in [3.8, 4) is 0 Å². The van der Waals surface area contributed by atoms with Crippen molar-refractivity contribution in [1.29, 1.82) is 0 Å². The predicted octanol–water partition coefficient (Wildman–Crippen LogP) is 4.33. The second-order valence-corrected chi connectivity index (χ2v) is 5.30. The third-order valence-electron chi connectivity index (χ3n) is 3.30. The highest BCUT2D eigenvalue weighted by Gasteiger charge is 2.31. The molecule has 2 aromatic rings. The van der Waals surface area contributed by atoms with Crippen LogP contribution in [0.2, 0.25) is 0 Å². The second-order valence-electron chi connectivity index (χ2n) is 5.30. The molecule has 0 aliphatic carbocycles. The van der Waals surface area contributed by atoms with E-state index in [1.807, 2.05) is 55.5 Å². The minimum atomic E-state index is -1.75. The van der Waals surface area contributed by atoms with E-state index in [-0.39, 0.29) is 6.42 Å². The van der Waals surface area contributed by atoms with E-state index in [1.165, 1.54) is 6.92 Å². The van der Waals surface area contributed by atoms with Crippen LogP contribution in [0.3, 0.4) is 0 Å². The zero-order valence-corrected chi connectivity index (χ0v) is 11.6. The van der Waals surface area contributed by atoms with Gasteiger partial charge in [0, 0.05) is 18.9 Å². The number of nitrogens with zero attached hydrogens (tertiary/aromatic N) is 1. The standard InChI is InChI=1S/C17H16FNO/c1-12-8-9-14-11-17(2,18)20-16(19-15(14)10-12)13-6-4-3-5-7-13/h3-10H,11H2,1-2H3/t17-/m1/s1. The highest BCUT2D eigenvalue weighted by atomic mass is 19.2. The van der Waals surface area contributed by atoms with Crippen molar-refractivity contribution < 1.29 is 9.13 Å². The van der Waals surface area contributed by atoms with E-state index in [1.54, 1.807) is 0 Å². The normalized spacial score (nSPS) is 21.4. The molecule has 0 spiro atoms. The maximum atomic E-state index is 14.5. The number of hydrogen-bond acceptors (Lipinski definition) is 2. The molecule has 1 heterocycles. The molecule has 0 radical (unpaired) electrons. The quantitative estimate of drug-likeness (QED) is 0.755. The lowest BCUT2D eigenvalue weighted by Gasteiger charge is -2.20. The van der Waals surface area contributed by atoms with E-state index < -0.39 is 5.85 Å². The van der Waals surface area contributed by atoms with Gasteiger partial charge in [-0.3, -0.25) is 0 Å². The predicted molar refractivity (Wildman–Crippen MR) is 78.1 cm³/mol. The molecule has 20 heavy (non-hydrogen) atoms. The summed E-state index contributed by atoms with van der Waals surface area (Å²) in [5, 5.41) is 0. The summed E-state index contributed by atoms with van der Waals surface area (Å²) in [6, 6.07) is 15.3. The summed E-state index contributed by atoms with van der Waals surface area (Å²) in [6.07, 6.45) is 0.197. The number of hydrogen-bond donors (Lipinski definition) is 0. The van der Waals surface area contributed by atoms with E-state index in [2.05, 4.69) is 4.99 Å². The average molecular weight is 269 g/mol. The van der Waals surface area contributed by atoms with Gasteiger partial charge in [-0.15, -0.1) is 0 Å². The van der Waals surface area contributed by atoms with Crippen LogP contribution in [0, 0.1) is 6.92 Å². The summed E-state index contributed by atoms with van der Waals surface area (Å²) in [7, 11) is 0. The fourth-order valence-electron chi connectivity index (χ4n) is 2.34. The van der Waals surface area contributed by atoms with E-state index in [9.17, 15) is 4.39 Å². The highest BCUT2D eigenvalue weighted by Crippen LogP contribution is 2.32. The number of alkyl halides is 1. The summed E-state index contributed by atoms with van der Waals surface area (Å²) < 4.78 is 20.0. The number of ether oxygens (including phenoxy) is 1. The Kier molecular flexibility index (Phi) is 3.05. The van der Waals surface area contributed by atoms with Crippen LogP contribution in [0.4, 0.5) is 10.1 Å². The highest BCUT2D eigenvalue weighted by molar-refractivity contribution is 5.96. The zero-order valence-electron chi connectivity index (χ0n) is 11.6. The van der Waals surface area contributed by atoms with Gasteiger partial charge < -0.3 is 4.74 Å². The average Bonchev–Trinajstić information content (AvgIpc) is 2.54. The van der Waals surface area contributed by atoms with Crippen LogP contribution in [0.1, 0.15) is 23.6 Å². The molecule has 0 amide bonds. The summed E-state index contributed by atoms with van der Waals surface area (Å²) in [6.45, 7) is 3.44. The monoisotopic (exact) mass is 269 g/mol. The van der Waals surface area contributed by atoms with Crippen molar-refractivity contribution in [1.82, 2.24) is 0 Å². The van der Waals surface area contributed by atoms with Crippen molar-refractivity contribution in [2.45, 2.75) is 26.1 Å². The minimum Gasteiger partial charge on any atom is -0.440 e. The molecular formula is C17H16FNO. The number of aliphatic imine (C=N–C) groups is 1. The van der Waals surface area contributed by atoms with Gasteiger partial charge >= 0.3 is 0 Å². The molecule has 102 valence electrons. The van der Waals surface area contributed by atoms with E-state index in [4.69, 9.17) is 4.74 Å². The Labute approximate surface area is 117 Å². The molecule has 0 unspecified atom stereocenters. The van der Waals surface area contributed by atoms with Crippen molar-refractivity contribution in [2.75, 3.05) is 0 Å². The zero-order chi connectivity index (χ0) is 14.2. The van der Waals surface area contributed by atoms with Crippen LogP contribution < -0.4 is 0 Å². The molecule has 0 N–H and O–H groups in total. The number of halogens is 1. The van der Waals surface area contributed by atoms with Gasteiger partial charge in [-0.05, 0) is 36.2 Å². The van der Waals surface area contributed by atoms with Gasteiger partial charge in [-0.1, -0.05) is 30.3 Å². The molecule has 1 atom stereocenters. The number of fused-ring (bicyclic) bond motifs is 1. The molecule has 3 heteroatoms. The van der Waals surface area contributed by atoms with Crippen LogP contribution in [-0.4, -0.2) is 11.8 Å². The van der Waals surface area contributed by atoms with Crippen LogP contribution in [0.25, 0.3) is 0 Å². The Morgan fingerprint density at radius 3 is 2.65 bits per heavy atom. The molecule has 1 aliphatic heterocycles. The van der Waals surface area contributed by atoms with Crippen molar-refractivity contribution in [2.24, 2.45) is 4.99 Å². The van der Waals surface area contributed by atoms with Crippen molar-refractivity contribution in [3.63, 3.8) is 0 Å². The lowest BCUT2D eigenvalue weighted by molar-refractivity contribution is -0.0528. The van der Waals surface area contributed by atoms with E-state index >= 15 is 0 Å². The maximum absolute atomic E-state index is 14.5. The lowest BCUT2D eigenvalue weighted by Crippen LogP contribution is -2.28. The third-order valence-corrected chi connectivity index (χ3v) is 3.30. The molecule has 2 aromatic carbocycles. The van der Waals surface area contributed by atoms with Gasteiger partial charge in [0.05, 0.1) is 5.69 Å². The van der Waals surface area contributed by atoms with Crippen LogP contribution in [0.5, 0.6) is 0 Å². The Morgan fingerprint density at radius 2 is 1.90 bits per heavy atom. The Balaban J connectivity index is 2.14. The summed E-state index contributed by atoms with van der Waals surface area (Å²) in [4.78, 5) is 4.52. The van der Waals surface area contributed by atoms with Crippen molar-refractivity contribution in [3.05, 3.63) is 65.2 Å². The molecule has 1 aliphatic rings. The Hall–Kier alpha value is -2.16. The largest absolute Gasteiger partial charge is 0.440 e. The van der Waals surface area contributed by atoms with Crippen LogP contribution >= 0.6 is 0 Å². The fourth-order valence-corrected chi connectivity index (χ4v) is 2.34. The Bertz CT molecular complexity index is 662. The summed E-state index contributed by atoms with van der Waals surface area (Å²) in [5.74, 6) is -1.42. The third kappa shape index (κ3) is 2.57. The maximum Gasteiger partial charge on any atom is 0.251 e. The lowest BCUT2D eigenvalue weighted by atomic mass is 10.0. The van der Waals surface area contributed by atoms with Gasteiger partial charge in [0.2, 0.25) is 5.90 Å². The van der Waals surface area contributed by atoms with Gasteiger partial charge in [0.15, 0.2) is 0 Å². The van der Waals surface area contributed by atoms with Gasteiger partial charge in [0.25, 0.3) is 5.85 Å². The molecule has 2 nitrogen and oxygen atoms in total. The minimum absolute atomic E-state index is 0.197. The van der Waals surface area contributed by atoms with Gasteiger partial charge in [0.1, 0.15) is 0 Å². The molecule has 0 bridgehead atoms. The molecule has 0 saturated carbocycles. The van der Waals surface area contributed by atoms with Gasteiger partial charge in [-0.25, -0.2) is 4.99 Å².